The lowest BCUT2D eigenvalue weighted by molar-refractivity contribution is 1.02. The van der Waals surface area contributed by atoms with Crippen LogP contribution in [0.2, 0.25) is 0 Å². The van der Waals surface area contributed by atoms with Crippen LogP contribution in [-0.2, 0) is 13.1 Å². The number of benzene rings is 1. The van der Waals surface area contributed by atoms with Crippen LogP contribution in [-0.4, -0.2) is 16.2 Å². The van der Waals surface area contributed by atoms with Crippen LogP contribution >= 0.6 is 11.8 Å². The van der Waals surface area contributed by atoms with E-state index in [1.54, 1.807) is 18.1 Å². The molecule has 0 bridgehead atoms. The van der Waals surface area contributed by atoms with Gasteiger partial charge in [-0.15, -0.1) is 11.8 Å². The van der Waals surface area contributed by atoms with Gasteiger partial charge in [0.25, 0.3) is 0 Å². The zero-order chi connectivity index (χ0) is 12.8. The predicted octanol–water partition coefficient (Wildman–Crippen LogP) is 2.27. The molecule has 0 saturated carbocycles. The summed E-state index contributed by atoms with van der Waals surface area (Å²) in [6.07, 6.45) is 3.57. The number of hydrogen-bond donors (Lipinski definition) is 2. The van der Waals surface area contributed by atoms with E-state index in [1.165, 1.54) is 5.56 Å². The van der Waals surface area contributed by atoms with Gasteiger partial charge in [0.05, 0.1) is 0 Å². The van der Waals surface area contributed by atoms with Crippen molar-refractivity contribution in [3.05, 3.63) is 47.8 Å². The molecule has 1 aromatic heterocycles. The third kappa shape index (κ3) is 3.45. The Labute approximate surface area is 111 Å². The van der Waals surface area contributed by atoms with Crippen molar-refractivity contribution in [2.24, 2.45) is 5.73 Å². The molecule has 0 spiro atoms. The molecule has 2 aromatic rings. The maximum Gasteiger partial charge on any atom is 0.130 e. The molecule has 0 aliphatic heterocycles. The van der Waals surface area contributed by atoms with Gasteiger partial charge >= 0.3 is 0 Å². The summed E-state index contributed by atoms with van der Waals surface area (Å²) in [6, 6.07) is 10.2. The van der Waals surface area contributed by atoms with Crippen molar-refractivity contribution < 1.29 is 0 Å². The lowest BCUT2D eigenvalue weighted by Crippen LogP contribution is -2.02. The van der Waals surface area contributed by atoms with E-state index in [-0.39, 0.29) is 0 Å². The van der Waals surface area contributed by atoms with Crippen molar-refractivity contribution in [3.8, 4) is 0 Å². The number of aromatic nitrogens is 2. The van der Waals surface area contributed by atoms with E-state index >= 15 is 0 Å². The van der Waals surface area contributed by atoms with E-state index in [9.17, 15) is 0 Å². The standard InChI is InChI=1S/C13H16N4S/c1-18-13-6-12(16-9-17-13)15-8-11-4-2-10(7-14)3-5-11/h2-6,9H,7-8,14H2,1H3,(H,15,16,17). The van der Waals surface area contributed by atoms with Gasteiger partial charge in [0.2, 0.25) is 0 Å². The third-order valence-electron chi connectivity index (χ3n) is 2.58. The number of rotatable bonds is 5. The topological polar surface area (TPSA) is 63.8 Å². The van der Waals surface area contributed by atoms with E-state index in [1.807, 2.05) is 24.5 Å². The molecule has 0 unspecified atom stereocenters. The number of thioether (sulfide) groups is 1. The van der Waals surface area contributed by atoms with Crippen LogP contribution in [0.15, 0.2) is 41.7 Å². The first-order valence-corrected chi connectivity index (χ1v) is 6.92. The molecule has 2 rings (SSSR count). The highest BCUT2D eigenvalue weighted by Gasteiger charge is 1.98. The fourth-order valence-corrected chi connectivity index (χ4v) is 1.92. The number of hydrogen-bond acceptors (Lipinski definition) is 5. The average Bonchev–Trinajstić information content (AvgIpc) is 2.46. The summed E-state index contributed by atoms with van der Waals surface area (Å²) in [7, 11) is 0. The molecule has 94 valence electrons. The van der Waals surface area contributed by atoms with Gasteiger partial charge < -0.3 is 11.1 Å². The summed E-state index contributed by atoms with van der Waals surface area (Å²) in [5, 5.41) is 4.24. The molecule has 4 nitrogen and oxygen atoms in total. The second-order valence-electron chi connectivity index (χ2n) is 3.82. The summed E-state index contributed by atoms with van der Waals surface area (Å²) in [5.74, 6) is 0.845. The predicted molar refractivity (Wildman–Crippen MR) is 75.5 cm³/mol. The molecular formula is C13H16N4S. The van der Waals surface area contributed by atoms with Crippen LogP contribution in [0.5, 0.6) is 0 Å². The van der Waals surface area contributed by atoms with E-state index in [2.05, 4.69) is 27.4 Å². The molecule has 0 radical (unpaired) electrons. The quantitative estimate of drug-likeness (QED) is 0.638. The number of nitrogens with zero attached hydrogens (tertiary/aromatic N) is 2. The first-order chi connectivity index (χ1) is 8.81. The Hall–Kier alpha value is -1.59. The zero-order valence-electron chi connectivity index (χ0n) is 10.3. The van der Waals surface area contributed by atoms with Gasteiger partial charge in [-0.1, -0.05) is 24.3 Å². The molecule has 1 aromatic carbocycles. The van der Waals surface area contributed by atoms with Gasteiger partial charge in [-0.2, -0.15) is 0 Å². The smallest absolute Gasteiger partial charge is 0.130 e. The van der Waals surface area contributed by atoms with Crippen molar-refractivity contribution in [2.75, 3.05) is 11.6 Å². The highest BCUT2D eigenvalue weighted by atomic mass is 32.2. The second-order valence-corrected chi connectivity index (χ2v) is 4.65. The number of nitrogens with one attached hydrogen (secondary N) is 1. The molecule has 0 atom stereocenters. The van der Waals surface area contributed by atoms with Gasteiger partial charge in [-0.3, -0.25) is 0 Å². The molecule has 0 aliphatic carbocycles. The highest BCUT2D eigenvalue weighted by molar-refractivity contribution is 7.98. The van der Waals surface area contributed by atoms with Gasteiger partial charge in [-0.05, 0) is 17.4 Å². The van der Waals surface area contributed by atoms with Crippen molar-refractivity contribution in [1.82, 2.24) is 9.97 Å². The molecule has 1 heterocycles. The second kappa shape index (κ2) is 6.37. The Morgan fingerprint density at radius 2 is 1.89 bits per heavy atom. The van der Waals surface area contributed by atoms with Crippen LogP contribution in [0.1, 0.15) is 11.1 Å². The van der Waals surface area contributed by atoms with Crippen LogP contribution in [0, 0.1) is 0 Å². The minimum absolute atomic E-state index is 0.580. The average molecular weight is 260 g/mol. The molecular weight excluding hydrogens is 244 g/mol. The summed E-state index contributed by atoms with van der Waals surface area (Å²) in [6.45, 7) is 1.33. The maximum atomic E-state index is 5.56. The van der Waals surface area contributed by atoms with Crippen LogP contribution in [0.3, 0.4) is 0 Å². The maximum absolute atomic E-state index is 5.56. The SMILES string of the molecule is CSc1cc(NCc2ccc(CN)cc2)ncn1. The van der Waals surface area contributed by atoms with Crippen molar-refractivity contribution in [3.63, 3.8) is 0 Å². The zero-order valence-corrected chi connectivity index (χ0v) is 11.1. The van der Waals surface area contributed by atoms with Crippen molar-refractivity contribution in [1.29, 1.82) is 0 Å². The highest BCUT2D eigenvalue weighted by Crippen LogP contribution is 2.14. The summed E-state index contributed by atoms with van der Waals surface area (Å²) in [5.41, 5.74) is 7.91. The fourth-order valence-electron chi connectivity index (χ4n) is 1.53. The van der Waals surface area contributed by atoms with Gasteiger partial charge in [0, 0.05) is 19.2 Å². The van der Waals surface area contributed by atoms with Crippen molar-refractivity contribution in [2.45, 2.75) is 18.1 Å². The van der Waals surface area contributed by atoms with Crippen molar-refractivity contribution >= 4 is 17.6 Å². The van der Waals surface area contributed by atoms with E-state index in [0.717, 1.165) is 23.0 Å². The lowest BCUT2D eigenvalue weighted by Gasteiger charge is -2.06. The molecule has 0 amide bonds. The number of anilines is 1. The Morgan fingerprint density at radius 3 is 2.56 bits per heavy atom. The molecule has 18 heavy (non-hydrogen) atoms. The third-order valence-corrected chi connectivity index (χ3v) is 3.22. The molecule has 3 N–H and O–H groups in total. The van der Waals surface area contributed by atoms with Crippen LogP contribution in [0.4, 0.5) is 5.82 Å². The Morgan fingerprint density at radius 1 is 1.17 bits per heavy atom. The van der Waals surface area contributed by atoms with Gasteiger partial charge in [0.1, 0.15) is 17.2 Å². The Bertz CT molecular complexity index is 499. The van der Waals surface area contributed by atoms with Gasteiger partial charge in [0.15, 0.2) is 0 Å². The first-order valence-electron chi connectivity index (χ1n) is 5.69. The summed E-state index contributed by atoms with van der Waals surface area (Å²) >= 11 is 1.60. The minimum atomic E-state index is 0.580. The van der Waals surface area contributed by atoms with E-state index in [0.29, 0.717) is 6.54 Å². The molecule has 0 saturated heterocycles. The largest absolute Gasteiger partial charge is 0.366 e. The Kier molecular flexibility index (Phi) is 4.55. The van der Waals surface area contributed by atoms with Crippen LogP contribution in [0.25, 0.3) is 0 Å². The Balaban J connectivity index is 1.97. The van der Waals surface area contributed by atoms with E-state index in [4.69, 9.17) is 5.73 Å². The fraction of sp³-hybridized carbons (Fsp3) is 0.231. The normalized spacial score (nSPS) is 10.3. The van der Waals surface area contributed by atoms with Gasteiger partial charge in [-0.25, -0.2) is 9.97 Å². The molecule has 0 fully saturated rings. The summed E-state index contributed by atoms with van der Waals surface area (Å²) < 4.78 is 0. The number of nitrogens with two attached hydrogens (primary N) is 1. The minimum Gasteiger partial charge on any atom is -0.366 e. The molecule has 5 heteroatoms. The van der Waals surface area contributed by atoms with E-state index < -0.39 is 0 Å². The monoisotopic (exact) mass is 260 g/mol. The van der Waals surface area contributed by atoms with Crippen LogP contribution < -0.4 is 11.1 Å². The molecule has 0 aliphatic rings. The lowest BCUT2D eigenvalue weighted by atomic mass is 10.1. The first kappa shape index (κ1) is 12.9. The summed E-state index contributed by atoms with van der Waals surface area (Å²) in [4.78, 5) is 8.31.